The summed E-state index contributed by atoms with van der Waals surface area (Å²) in [5.41, 5.74) is 0. The molecule has 0 atom stereocenters. The lowest BCUT2D eigenvalue weighted by Crippen LogP contribution is -2.47. The van der Waals surface area contributed by atoms with Crippen LogP contribution in [-0.2, 0) is 47.9 Å². The molecule has 352 valence electrons. The number of Topliss-reactive ketones (excluding diaryl/α,β-unsaturated/α-hetero) is 1. The molecule has 64 heavy (non-hydrogen) atoms. The first-order valence-electron chi connectivity index (χ1n) is 21.4. The van der Waals surface area contributed by atoms with E-state index in [9.17, 15) is 47.9 Å². The molecule has 0 aromatic heterocycles. The average molecular weight is 896 g/mol. The first kappa shape index (κ1) is 61.3. The molecule has 8 radical (unpaired) electrons. The highest BCUT2D eigenvalue weighted by atomic mass is 16.2. The number of unbranched alkanes of at least 4 members (excludes halogenated alkanes) is 6. The molecular formula is C38H68B4N12O10. The SMILES string of the molecule is [B]NC.[B]NC(=O)CN(CC=O)CC(=O)NCCCCCNC(=O)CN(CC(=O)NCCCCCNC(=O)CN(CC(=O)N[B])CC(=O)N[B])CC(=O)NCCCCCC(=O)C(C)C. The molecule has 0 aliphatic carbocycles. The first-order valence-corrected chi connectivity index (χ1v) is 21.4. The van der Waals surface area contributed by atoms with Crippen molar-refractivity contribution in [2.75, 3.05) is 98.7 Å². The van der Waals surface area contributed by atoms with E-state index in [4.69, 9.17) is 23.9 Å². The Balaban J connectivity index is 0. The van der Waals surface area contributed by atoms with E-state index in [1.54, 1.807) is 7.05 Å². The normalized spacial score (nSPS) is 10.6. The van der Waals surface area contributed by atoms with Crippen molar-refractivity contribution in [3.63, 3.8) is 0 Å². The number of hydrogen-bond acceptors (Lipinski definition) is 14. The lowest BCUT2D eigenvalue weighted by Gasteiger charge is -2.21. The minimum atomic E-state index is -0.588. The number of nitrogens with zero attached hydrogens (tertiary/aromatic N) is 3. The van der Waals surface area contributed by atoms with Gasteiger partial charge in [0.25, 0.3) is 0 Å². The van der Waals surface area contributed by atoms with Crippen molar-refractivity contribution in [3.8, 4) is 0 Å². The average Bonchev–Trinajstić information content (AvgIpc) is 3.23. The maximum atomic E-state index is 12.8. The zero-order valence-corrected chi connectivity index (χ0v) is 37.9. The van der Waals surface area contributed by atoms with Gasteiger partial charge in [-0.05, 0) is 58.4 Å². The number of nitrogens with one attached hydrogen (secondary N) is 9. The summed E-state index contributed by atoms with van der Waals surface area (Å²) in [5, 5.41) is 21.9. The van der Waals surface area contributed by atoms with Gasteiger partial charge in [-0.1, -0.05) is 20.3 Å². The summed E-state index contributed by atoms with van der Waals surface area (Å²) < 4.78 is 0. The number of carbonyl (C=O) groups is 10. The van der Waals surface area contributed by atoms with Crippen molar-refractivity contribution in [1.29, 1.82) is 0 Å². The second kappa shape index (κ2) is 40.9. The molecule has 0 aliphatic heterocycles. The number of rotatable bonds is 37. The molecule has 0 saturated heterocycles. The quantitative estimate of drug-likeness (QED) is 0.0160. The van der Waals surface area contributed by atoms with E-state index >= 15 is 0 Å². The van der Waals surface area contributed by atoms with Gasteiger partial charge in [-0.15, -0.1) is 0 Å². The summed E-state index contributed by atoms with van der Waals surface area (Å²) in [5.74, 6) is -3.41. The highest BCUT2D eigenvalue weighted by Crippen LogP contribution is 2.06. The second-order valence-corrected chi connectivity index (χ2v) is 14.9. The van der Waals surface area contributed by atoms with Crippen LogP contribution in [0.1, 0.15) is 78.1 Å². The largest absolute Gasteiger partial charge is 0.408 e. The molecule has 0 unspecified atom stereocenters. The zero-order valence-electron chi connectivity index (χ0n) is 37.9. The van der Waals surface area contributed by atoms with E-state index in [1.165, 1.54) is 14.7 Å². The van der Waals surface area contributed by atoms with Crippen LogP contribution in [-0.4, -0.2) is 205 Å². The molecule has 0 fully saturated rings. The van der Waals surface area contributed by atoms with Crippen molar-refractivity contribution in [3.05, 3.63) is 0 Å². The van der Waals surface area contributed by atoms with Gasteiger partial charge in [-0.3, -0.25) is 57.9 Å². The van der Waals surface area contributed by atoms with Crippen molar-refractivity contribution in [2.45, 2.75) is 78.1 Å². The third-order valence-corrected chi connectivity index (χ3v) is 8.82. The molecule has 0 saturated carbocycles. The molecule has 0 aromatic rings. The standard InChI is InChI=1S/C37H64B3N11O10.CH4BN/c1-28(2)29(53)12-6-3-7-13-42-31(55)21-50(22-32(56)43-15-9-4-8-14-41-30(54)20-49(18-19-52)25-35(59)46-38)23-33(57)44-16-10-5-11-17-45-34(58)24-51(26-36(60)47-39)27-37(61)48-40;1-3-2/h19,28H,3-18,20-27H2,1-2H3,(H,41,54)(H,42,55)(H,43,56)(H,44,57)(H,45,58)(H,46,59)(H,47,60)(H,48,61);3H,1H3. The number of aldehydes is 1. The number of carbonyl (C=O) groups excluding carboxylic acids is 10. The monoisotopic (exact) mass is 897 g/mol. The molecule has 9 N–H and O–H groups in total. The molecule has 0 bridgehead atoms. The Morgan fingerprint density at radius 2 is 0.672 bits per heavy atom. The molecule has 0 spiro atoms. The van der Waals surface area contributed by atoms with Crippen molar-refractivity contribution >= 4 is 91.3 Å². The van der Waals surface area contributed by atoms with Gasteiger partial charge in [0, 0.05) is 45.1 Å². The molecule has 8 amide bonds. The minimum Gasteiger partial charge on any atom is -0.408 e. The number of ketones is 1. The van der Waals surface area contributed by atoms with Crippen molar-refractivity contribution in [2.24, 2.45) is 5.92 Å². The molecule has 0 aliphatic rings. The maximum Gasteiger partial charge on any atom is 0.234 e. The summed E-state index contributed by atoms with van der Waals surface area (Å²) in [6, 6.07) is 0. The summed E-state index contributed by atoms with van der Waals surface area (Å²) in [7, 11) is 21.5. The van der Waals surface area contributed by atoms with E-state index in [-0.39, 0.29) is 94.2 Å². The third-order valence-electron chi connectivity index (χ3n) is 8.82. The highest BCUT2D eigenvalue weighted by Gasteiger charge is 2.19. The van der Waals surface area contributed by atoms with E-state index in [1.807, 2.05) is 29.5 Å². The first-order chi connectivity index (χ1) is 30.5. The van der Waals surface area contributed by atoms with Crippen LogP contribution in [0.25, 0.3) is 0 Å². The van der Waals surface area contributed by atoms with Gasteiger partial charge in [-0.25, -0.2) is 0 Å². The van der Waals surface area contributed by atoms with E-state index in [0.717, 1.165) is 12.8 Å². The van der Waals surface area contributed by atoms with Gasteiger partial charge >= 0.3 is 0 Å². The Hall–Kier alpha value is -4.80. The predicted molar refractivity (Wildman–Crippen MR) is 243 cm³/mol. The Kier molecular flexibility index (Phi) is 39.2. The van der Waals surface area contributed by atoms with Crippen LogP contribution in [0.3, 0.4) is 0 Å². The van der Waals surface area contributed by atoms with Crippen molar-refractivity contribution < 1.29 is 47.9 Å². The van der Waals surface area contributed by atoms with Crippen LogP contribution < -0.4 is 47.5 Å². The maximum absolute atomic E-state index is 12.8. The van der Waals surface area contributed by atoms with Crippen molar-refractivity contribution in [1.82, 2.24) is 62.2 Å². The number of amides is 8. The molecule has 0 aromatic carbocycles. The van der Waals surface area contributed by atoms with Crippen LogP contribution >= 0.6 is 0 Å². The van der Waals surface area contributed by atoms with Crippen LogP contribution in [0.15, 0.2) is 0 Å². The van der Waals surface area contributed by atoms with Gasteiger partial charge < -0.3 is 52.3 Å². The lowest BCUT2D eigenvalue weighted by atomic mass is 10.0. The zero-order chi connectivity index (χ0) is 48.5. The van der Waals surface area contributed by atoms with Gasteiger partial charge in [0.2, 0.25) is 71.2 Å². The molecule has 0 rings (SSSR count). The van der Waals surface area contributed by atoms with E-state index < -0.39 is 23.6 Å². The second-order valence-electron chi connectivity index (χ2n) is 14.9. The smallest absolute Gasteiger partial charge is 0.234 e. The van der Waals surface area contributed by atoms with Crippen LogP contribution in [0.4, 0.5) is 0 Å². The van der Waals surface area contributed by atoms with E-state index in [2.05, 4.69) is 39.8 Å². The summed E-state index contributed by atoms with van der Waals surface area (Å²) in [6.45, 7) is 3.53. The lowest BCUT2D eigenvalue weighted by molar-refractivity contribution is -0.129. The summed E-state index contributed by atoms with van der Waals surface area (Å²) in [6.07, 6.45) is 6.95. The number of hydrogen-bond donors (Lipinski definition) is 9. The highest BCUT2D eigenvalue weighted by molar-refractivity contribution is 6.15. The van der Waals surface area contributed by atoms with Crippen LogP contribution in [0.2, 0.25) is 0 Å². The Morgan fingerprint density at radius 3 is 0.938 bits per heavy atom. The summed E-state index contributed by atoms with van der Waals surface area (Å²) in [4.78, 5) is 124. The Bertz CT molecular complexity index is 1400. The van der Waals surface area contributed by atoms with Crippen LogP contribution in [0.5, 0.6) is 0 Å². The van der Waals surface area contributed by atoms with Gasteiger partial charge in [-0.2, -0.15) is 0 Å². The predicted octanol–water partition coefficient (Wildman–Crippen LogP) is -5.31. The van der Waals surface area contributed by atoms with Gasteiger partial charge in [0.1, 0.15) is 12.1 Å². The fraction of sp³-hybridized carbons (Fsp3) is 0.737. The molecule has 0 heterocycles. The van der Waals surface area contributed by atoms with Gasteiger partial charge in [0.05, 0.1) is 58.9 Å². The molecule has 26 heteroatoms. The Labute approximate surface area is 383 Å². The van der Waals surface area contributed by atoms with E-state index in [0.29, 0.717) is 90.4 Å². The van der Waals surface area contributed by atoms with Crippen LogP contribution in [0, 0.1) is 5.92 Å². The topological polar surface area (TPSA) is 289 Å². The minimum absolute atomic E-state index is 0.0121. The fourth-order valence-corrected chi connectivity index (χ4v) is 5.55. The van der Waals surface area contributed by atoms with Gasteiger partial charge in [0.15, 0.2) is 7.98 Å². The third kappa shape index (κ3) is 37.7. The molecular weight excluding hydrogens is 828 g/mol. The fourth-order valence-electron chi connectivity index (χ4n) is 5.55. The molecule has 22 nitrogen and oxygen atoms in total. The summed E-state index contributed by atoms with van der Waals surface area (Å²) >= 11 is 0. The Morgan fingerprint density at radius 1 is 0.422 bits per heavy atom.